The van der Waals surface area contributed by atoms with Gasteiger partial charge in [0.1, 0.15) is 0 Å². The van der Waals surface area contributed by atoms with Crippen LogP contribution in [0.4, 0.5) is 24.5 Å². The molecule has 0 aliphatic carbocycles. The van der Waals surface area contributed by atoms with E-state index in [1.54, 1.807) is 12.1 Å². The molecule has 0 spiro atoms. The number of rotatable bonds is 4. The Morgan fingerprint density at radius 2 is 1.87 bits per heavy atom. The van der Waals surface area contributed by atoms with Crippen LogP contribution < -0.4 is 10.6 Å². The Morgan fingerprint density at radius 1 is 1.16 bits per heavy atom. The van der Waals surface area contributed by atoms with Crippen LogP contribution in [0.5, 0.6) is 0 Å². The van der Waals surface area contributed by atoms with Crippen molar-refractivity contribution in [2.24, 2.45) is 0 Å². The normalized spacial score (nSPS) is 17.0. The number of aromatic carboxylic acids is 1. The Labute approximate surface area is 182 Å². The highest BCUT2D eigenvalue weighted by Gasteiger charge is 2.34. The predicted molar refractivity (Wildman–Crippen MR) is 112 cm³/mol. The second-order valence-corrected chi connectivity index (χ2v) is 7.69. The third kappa shape index (κ3) is 4.71. The van der Waals surface area contributed by atoms with Crippen molar-refractivity contribution >= 4 is 34.9 Å². The van der Waals surface area contributed by atoms with E-state index in [1.807, 2.05) is 11.8 Å². The number of hydrogen-bond donors (Lipinski definition) is 2. The summed E-state index contributed by atoms with van der Waals surface area (Å²) in [5, 5.41) is 9.28. The van der Waals surface area contributed by atoms with Crippen LogP contribution in [0, 0.1) is 0 Å². The highest BCUT2D eigenvalue weighted by Crippen LogP contribution is 2.33. The first-order chi connectivity index (χ1) is 14.5. The van der Waals surface area contributed by atoms with Crippen LogP contribution in [-0.2, 0) is 6.18 Å². The first-order valence-electron chi connectivity index (χ1n) is 9.58. The molecular weight excluding hydrogens is 435 g/mol. The maximum Gasteiger partial charge on any atom is 0.416 e. The van der Waals surface area contributed by atoms with Crippen LogP contribution in [0.2, 0.25) is 5.02 Å². The molecule has 3 N–H and O–H groups in total. The molecule has 1 amide bonds. The van der Waals surface area contributed by atoms with Gasteiger partial charge in [0.05, 0.1) is 27.4 Å². The molecule has 0 aromatic heterocycles. The maximum atomic E-state index is 12.9. The van der Waals surface area contributed by atoms with Crippen LogP contribution in [0.1, 0.15) is 39.6 Å². The van der Waals surface area contributed by atoms with Crippen molar-refractivity contribution in [3.8, 4) is 0 Å². The van der Waals surface area contributed by atoms with Gasteiger partial charge in [0.2, 0.25) is 0 Å². The molecule has 6 nitrogen and oxygen atoms in total. The predicted octanol–water partition coefficient (Wildman–Crippen LogP) is 4.38. The number of nitrogens with two attached hydrogens (primary N) is 1. The lowest BCUT2D eigenvalue weighted by atomic mass is 10.0. The first kappa shape index (κ1) is 22.7. The van der Waals surface area contributed by atoms with Crippen molar-refractivity contribution in [3.63, 3.8) is 0 Å². The van der Waals surface area contributed by atoms with E-state index >= 15 is 0 Å². The number of piperazine rings is 1. The number of halogens is 4. The van der Waals surface area contributed by atoms with Gasteiger partial charge in [-0.1, -0.05) is 18.5 Å². The summed E-state index contributed by atoms with van der Waals surface area (Å²) in [7, 11) is 0. The fraction of sp³-hybridized carbons (Fsp3) is 0.333. The molecule has 1 heterocycles. The summed E-state index contributed by atoms with van der Waals surface area (Å²) in [5.41, 5.74) is 5.71. The van der Waals surface area contributed by atoms with E-state index in [0.29, 0.717) is 24.3 Å². The molecule has 1 aliphatic heterocycles. The van der Waals surface area contributed by atoms with Crippen molar-refractivity contribution < 1.29 is 27.9 Å². The van der Waals surface area contributed by atoms with E-state index in [-0.39, 0.29) is 35.3 Å². The number of anilines is 2. The second-order valence-electron chi connectivity index (χ2n) is 7.28. The van der Waals surface area contributed by atoms with Crippen molar-refractivity contribution in [2.45, 2.75) is 25.6 Å². The third-order valence-electron chi connectivity index (χ3n) is 5.33. The first-order valence-corrected chi connectivity index (χ1v) is 9.96. The molecule has 0 saturated carbocycles. The Bertz CT molecular complexity index is 1010. The number of carbonyl (C=O) groups excluding carboxylic acids is 1. The summed E-state index contributed by atoms with van der Waals surface area (Å²) in [6.45, 7) is 2.80. The van der Waals surface area contributed by atoms with E-state index in [4.69, 9.17) is 17.3 Å². The number of nitrogens with zero attached hydrogens (tertiary/aromatic N) is 2. The molecule has 3 rings (SSSR count). The average Bonchev–Trinajstić information content (AvgIpc) is 2.72. The molecule has 1 aliphatic rings. The molecule has 0 bridgehead atoms. The topological polar surface area (TPSA) is 86.9 Å². The number of nitrogen functional groups attached to an aromatic ring is 1. The van der Waals surface area contributed by atoms with Crippen LogP contribution in [0.15, 0.2) is 36.4 Å². The largest absolute Gasteiger partial charge is 0.478 e. The highest BCUT2D eigenvalue weighted by molar-refractivity contribution is 6.33. The molecule has 0 radical (unpaired) electrons. The van der Waals surface area contributed by atoms with E-state index in [1.165, 1.54) is 11.0 Å². The molecule has 10 heteroatoms. The summed E-state index contributed by atoms with van der Waals surface area (Å²) in [6, 6.07) is 7.13. The molecule has 31 heavy (non-hydrogen) atoms. The maximum absolute atomic E-state index is 12.9. The van der Waals surface area contributed by atoms with Crippen molar-refractivity contribution in [1.82, 2.24) is 4.90 Å². The van der Waals surface area contributed by atoms with E-state index < -0.39 is 23.6 Å². The van der Waals surface area contributed by atoms with Crippen LogP contribution in [0.3, 0.4) is 0 Å². The zero-order chi connectivity index (χ0) is 22.9. The van der Waals surface area contributed by atoms with Gasteiger partial charge in [-0.05, 0) is 42.8 Å². The van der Waals surface area contributed by atoms with Crippen LogP contribution in [-0.4, -0.2) is 47.6 Å². The number of carboxylic acid groups (broad SMARTS) is 1. The Kier molecular flexibility index (Phi) is 6.35. The smallest absolute Gasteiger partial charge is 0.416 e. The highest BCUT2D eigenvalue weighted by atomic mass is 35.5. The van der Waals surface area contributed by atoms with Gasteiger partial charge in [-0.15, -0.1) is 0 Å². The molecule has 1 fully saturated rings. The van der Waals surface area contributed by atoms with Gasteiger partial charge in [-0.25, -0.2) is 4.79 Å². The minimum Gasteiger partial charge on any atom is -0.478 e. The van der Waals surface area contributed by atoms with E-state index in [9.17, 15) is 27.9 Å². The van der Waals surface area contributed by atoms with Gasteiger partial charge in [0.15, 0.2) is 0 Å². The summed E-state index contributed by atoms with van der Waals surface area (Å²) in [4.78, 5) is 28.0. The molecule has 1 atom stereocenters. The summed E-state index contributed by atoms with van der Waals surface area (Å²) < 4.78 is 38.6. The average molecular weight is 456 g/mol. The minimum absolute atomic E-state index is 0.00307. The lowest BCUT2D eigenvalue weighted by molar-refractivity contribution is -0.137. The van der Waals surface area contributed by atoms with Gasteiger partial charge in [0.25, 0.3) is 5.91 Å². The molecule has 2 aromatic rings. The Morgan fingerprint density at radius 3 is 2.45 bits per heavy atom. The minimum atomic E-state index is -4.55. The lowest BCUT2D eigenvalue weighted by Crippen LogP contribution is -2.55. The van der Waals surface area contributed by atoms with E-state index in [0.717, 1.165) is 18.2 Å². The number of alkyl halides is 3. The third-order valence-corrected chi connectivity index (χ3v) is 5.64. The molecule has 1 saturated heterocycles. The monoisotopic (exact) mass is 455 g/mol. The van der Waals surface area contributed by atoms with Gasteiger partial charge in [-0.2, -0.15) is 13.2 Å². The van der Waals surface area contributed by atoms with Crippen molar-refractivity contribution in [3.05, 3.63) is 58.1 Å². The van der Waals surface area contributed by atoms with Gasteiger partial charge in [-0.3, -0.25) is 4.79 Å². The van der Waals surface area contributed by atoms with Crippen LogP contribution in [0.25, 0.3) is 0 Å². The van der Waals surface area contributed by atoms with Crippen LogP contribution >= 0.6 is 11.6 Å². The Balaban J connectivity index is 1.83. The molecule has 166 valence electrons. The summed E-state index contributed by atoms with van der Waals surface area (Å²) >= 11 is 5.98. The molecular formula is C21H21ClF3N3O3. The van der Waals surface area contributed by atoms with Crippen molar-refractivity contribution in [1.29, 1.82) is 0 Å². The molecule has 2 aromatic carbocycles. The standard InChI is InChI=1S/C21H21ClF3N3O3/c1-2-14-11-27(19(29)15-5-3-12(9-17(15)22)21(23,24)25)7-8-28(14)18-6-4-13(26)10-16(18)20(30)31/h3-6,9-10,14H,2,7-8,11,26H2,1H3,(H,30,31)/t14-/m1/s1. The summed E-state index contributed by atoms with van der Waals surface area (Å²) in [5.74, 6) is -1.57. The molecule has 0 unspecified atom stereocenters. The second kappa shape index (κ2) is 8.66. The van der Waals surface area contributed by atoms with Gasteiger partial charge in [0, 0.05) is 31.4 Å². The fourth-order valence-corrected chi connectivity index (χ4v) is 3.98. The SMILES string of the molecule is CC[C@@H]1CN(C(=O)c2ccc(C(F)(F)F)cc2Cl)CCN1c1ccc(N)cc1C(=O)O. The van der Waals surface area contributed by atoms with E-state index in [2.05, 4.69) is 0 Å². The zero-order valence-electron chi connectivity index (χ0n) is 16.6. The number of carbonyl (C=O) groups is 2. The number of amides is 1. The van der Waals surface area contributed by atoms with Gasteiger partial charge < -0.3 is 20.6 Å². The van der Waals surface area contributed by atoms with Gasteiger partial charge >= 0.3 is 12.1 Å². The lowest BCUT2D eigenvalue weighted by Gasteiger charge is -2.43. The zero-order valence-corrected chi connectivity index (χ0v) is 17.4. The Hall–Kier alpha value is -2.94. The summed E-state index contributed by atoms with van der Waals surface area (Å²) in [6.07, 6.45) is -3.93. The number of hydrogen-bond acceptors (Lipinski definition) is 4. The quantitative estimate of drug-likeness (QED) is 0.668. The fourth-order valence-electron chi connectivity index (χ4n) is 3.72. The number of benzene rings is 2. The van der Waals surface area contributed by atoms with Crippen molar-refractivity contribution in [2.75, 3.05) is 30.3 Å². The number of carboxylic acids is 1.